The van der Waals surface area contributed by atoms with Gasteiger partial charge in [-0.2, -0.15) is 0 Å². The molecule has 2 aliphatic rings. The quantitative estimate of drug-likeness (QED) is 0.789. The predicted octanol–water partition coefficient (Wildman–Crippen LogP) is 3.21. The van der Waals surface area contributed by atoms with Gasteiger partial charge in [0, 0.05) is 37.4 Å². The number of benzene rings is 1. The molecule has 2 aliphatic heterocycles. The molecular formula is C13H15BrFNO. The monoisotopic (exact) mass is 299 g/mol. The maximum atomic E-state index is 13.2. The number of halogens is 2. The summed E-state index contributed by atoms with van der Waals surface area (Å²) in [7, 11) is 0. The molecule has 4 heteroatoms. The van der Waals surface area contributed by atoms with E-state index in [1.165, 1.54) is 6.07 Å². The van der Waals surface area contributed by atoms with Crippen molar-refractivity contribution in [3.8, 4) is 0 Å². The van der Waals surface area contributed by atoms with Crippen molar-refractivity contribution in [3.05, 3.63) is 28.5 Å². The number of hydrogen-bond acceptors (Lipinski definition) is 2. The molecule has 0 aliphatic carbocycles. The first-order valence-electron chi connectivity index (χ1n) is 5.96. The van der Waals surface area contributed by atoms with E-state index in [1.54, 1.807) is 0 Å². The topological polar surface area (TPSA) is 12.5 Å². The fourth-order valence-electron chi connectivity index (χ4n) is 2.75. The first-order valence-corrected chi connectivity index (χ1v) is 6.76. The van der Waals surface area contributed by atoms with Crippen LogP contribution in [0, 0.1) is 11.2 Å². The Kier molecular flexibility index (Phi) is 2.87. The van der Waals surface area contributed by atoms with Crippen LogP contribution in [0.5, 0.6) is 0 Å². The summed E-state index contributed by atoms with van der Waals surface area (Å²) in [6.07, 6.45) is 2.32. The number of rotatable bonds is 1. The number of anilines is 1. The second-order valence-electron chi connectivity index (χ2n) is 5.07. The minimum absolute atomic E-state index is 0.199. The van der Waals surface area contributed by atoms with Gasteiger partial charge in [-0.3, -0.25) is 0 Å². The second-order valence-corrected chi connectivity index (χ2v) is 5.92. The average Bonchev–Trinajstić information content (AvgIpc) is 2.31. The molecule has 3 rings (SSSR count). The van der Waals surface area contributed by atoms with E-state index in [1.807, 2.05) is 12.1 Å². The van der Waals surface area contributed by atoms with Crippen molar-refractivity contribution in [2.75, 3.05) is 31.2 Å². The summed E-state index contributed by atoms with van der Waals surface area (Å²) in [5, 5.41) is 0. The minimum Gasteiger partial charge on any atom is -0.381 e. The lowest BCUT2D eigenvalue weighted by molar-refractivity contribution is -0.000196. The summed E-state index contributed by atoms with van der Waals surface area (Å²) in [6, 6.07) is 5.24. The van der Waals surface area contributed by atoms with Crippen LogP contribution in [0.25, 0.3) is 0 Å². The Morgan fingerprint density at radius 1 is 1.24 bits per heavy atom. The van der Waals surface area contributed by atoms with Crippen LogP contribution < -0.4 is 4.90 Å². The standard InChI is InChI=1S/C13H15BrFNO/c14-11-7-10(1-2-12(11)15)16-8-13(9-16)3-5-17-6-4-13/h1-2,7H,3-6,8-9H2. The maximum absolute atomic E-state index is 13.2. The fraction of sp³-hybridized carbons (Fsp3) is 0.538. The summed E-state index contributed by atoms with van der Waals surface area (Å²) in [5.74, 6) is -0.199. The average molecular weight is 300 g/mol. The molecule has 2 heterocycles. The highest BCUT2D eigenvalue weighted by Crippen LogP contribution is 2.42. The molecule has 17 heavy (non-hydrogen) atoms. The van der Waals surface area contributed by atoms with Gasteiger partial charge in [0.2, 0.25) is 0 Å². The van der Waals surface area contributed by atoms with E-state index < -0.39 is 0 Å². The third-order valence-electron chi connectivity index (χ3n) is 3.87. The summed E-state index contributed by atoms with van der Waals surface area (Å²) in [4.78, 5) is 2.32. The van der Waals surface area contributed by atoms with Gasteiger partial charge < -0.3 is 9.64 Å². The van der Waals surface area contributed by atoms with Crippen LogP contribution in [-0.2, 0) is 4.74 Å². The molecule has 1 aromatic carbocycles. The third-order valence-corrected chi connectivity index (χ3v) is 4.48. The second kappa shape index (κ2) is 4.25. The molecule has 0 unspecified atom stereocenters. The van der Waals surface area contributed by atoms with E-state index in [2.05, 4.69) is 20.8 Å². The Hall–Kier alpha value is -0.610. The van der Waals surface area contributed by atoms with Gasteiger partial charge in [0.1, 0.15) is 5.82 Å². The van der Waals surface area contributed by atoms with Crippen LogP contribution in [-0.4, -0.2) is 26.3 Å². The zero-order valence-corrected chi connectivity index (χ0v) is 11.2. The van der Waals surface area contributed by atoms with Crippen LogP contribution in [0.15, 0.2) is 22.7 Å². The summed E-state index contributed by atoms with van der Waals surface area (Å²) >= 11 is 3.23. The highest BCUT2D eigenvalue weighted by atomic mass is 79.9. The highest BCUT2D eigenvalue weighted by molar-refractivity contribution is 9.10. The first kappa shape index (κ1) is 11.5. The van der Waals surface area contributed by atoms with Crippen molar-refractivity contribution in [3.63, 3.8) is 0 Å². The molecule has 0 bridgehead atoms. The van der Waals surface area contributed by atoms with Crippen molar-refractivity contribution >= 4 is 21.6 Å². The lowest BCUT2D eigenvalue weighted by Crippen LogP contribution is -2.58. The van der Waals surface area contributed by atoms with Crippen molar-refractivity contribution in [1.29, 1.82) is 0 Å². The zero-order valence-electron chi connectivity index (χ0n) is 9.59. The lowest BCUT2D eigenvalue weighted by atomic mass is 9.73. The number of hydrogen-bond donors (Lipinski definition) is 0. The Morgan fingerprint density at radius 3 is 2.59 bits per heavy atom. The number of ether oxygens (including phenoxy) is 1. The largest absolute Gasteiger partial charge is 0.381 e. The van der Waals surface area contributed by atoms with Crippen molar-refractivity contribution in [2.24, 2.45) is 5.41 Å². The van der Waals surface area contributed by atoms with Crippen molar-refractivity contribution in [1.82, 2.24) is 0 Å². The van der Waals surface area contributed by atoms with Gasteiger partial charge in [-0.1, -0.05) is 0 Å². The fourth-order valence-corrected chi connectivity index (χ4v) is 3.12. The van der Waals surface area contributed by atoms with Gasteiger partial charge in [-0.15, -0.1) is 0 Å². The molecule has 2 fully saturated rings. The summed E-state index contributed by atoms with van der Waals surface area (Å²) < 4.78 is 19.1. The molecule has 1 aromatic rings. The van der Waals surface area contributed by atoms with Gasteiger partial charge >= 0.3 is 0 Å². The zero-order chi connectivity index (χ0) is 11.9. The van der Waals surface area contributed by atoms with Crippen LogP contribution in [0.1, 0.15) is 12.8 Å². The normalized spacial score (nSPS) is 22.6. The minimum atomic E-state index is -0.199. The van der Waals surface area contributed by atoms with Gasteiger partial charge in [0.05, 0.1) is 4.47 Å². The van der Waals surface area contributed by atoms with Crippen molar-refractivity contribution in [2.45, 2.75) is 12.8 Å². The van der Waals surface area contributed by atoms with Crippen LogP contribution in [0.3, 0.4) is 0 Å². The first-order chi connectivity index (χ1) is 8.19. The van der Waals surface area contributed by atoms with Gasteiger partial charge in [-0.05, 0) is 47.0 Å². The molecule has 0 atom stereocenters. The van der Waals surface area contributed by atoms with Crippen LogP contribution in [0.4, 0.5) is 10.1 Å². The molecule has 92 valence electrons. The maximum Gasteiger partial charge on any atom is 0.137 e. The molecule has 1 spiro atoms. The molecule has 2 nitrogen and oxygen atoms in total. The highest BCUT2D eigenvalue weighted by Gasteiger charge is 2.43. The Balaban J connectivity index is 1.70. The summed E-state index contributed by atoms with van der Waals surface area (Å²) in [5.41, 5.74) is 1.56. The van der Waals surface area contributed by atoms with E-state index in [4.69, 9.17) is 4.74 Å². The van der Waals surface area contributed by atoms with E-state index >= 15 is 0 Å². The molecule has 2 saturated heterocycles. The van der Waals surface area contributed by atoms with Gasteiger partial charge in [0.25, 0.3) is 0 Å². The van der Waals surface area contributed by atoms with Gasteiger partial charge in [-0.25, -0.2) is 4.39 Å². The molecule has 0 saturated carbocycles. The van der Waals surface area contributed by atoms with Crippen LogP contribution >= 0.6 is 15.9 Å². The third kappa shape index (κ3) is 2.08. The molecule has 0 aromatic heterocycles. The molecule has 0 radical (unpaired) electrons. The SMILES string of the molecule is Fc1ccc(N2CC3(CCOCC3)C2)cc1Br. The Labute approximate surface area is 109 Å². The molecule has 0 amide bonds. The van der Waals surface area contributed by atoms with E-state index in [0.717, 1.165) is 44.8 Å². The van der Waals surface area contributed by atoms with E-state index in [-0.39, 0.29) is 5.82 Å². The molecular weight excluding hydrogens is 285 g/mol. The summed E-state index contributed by atoms with van der Waals surface area (Å²) in [6.45, 7) is 3.94. The Bertz CT molecular complexity index is 423. The van der Waals surface area contributed by atoms with E-state index in [0.29, 0.717) is 9.89 Å². The van der Waals surface area contributed by atoms with Crippen LogP contribution in [0.2, 0.25) is 0 Å². The van der Waals surface area contributed by atoms with Crippen molar-refractivity contribution < 1.29 is 9.13 Å². The lowest BCUT2D eigenvalue weighted by Gasteiger charge is -2.53. The van der Waals surface area contributed by atoms with Gasteiger partial charge in [0.15, 0.2) is 0 Å². The molecule has 0 N–H and O–H groups in total. The predicted molar refractivity (Wildman–Crippen MR) is 68.8 cm³/mol. The smallest absolute Gasteiger partial charge is 0.137 e. The number of nitrogens with zero attached hydrogens (tertiary/aromatic N) is 1. The Morgan fingerprint density at radius 2 is 1.94 bits per heavy atom. The van der Waals surface area contributed by atoms with E-state index in [9.17, 15) is 4.39 Å².